The van der Waals surface area contributed by atoms with Crippen molar-refractivity contribution in [2.75, 3.05) is 38.2 Å². The van der Waals surface area contributed by atoms with Gasteiger partial charge in [0, 0.05) is 50.4 Å². The third-order valence-corrected chi connectivity index (χ3v) is 7.29. The van der Waals surface area contributed by atoms with Crippen LogP contribution in [-0.4, -0.2) is 56.2 Å². The predicted molar refractivity (Wildman–Crippen MR) is 113 cm³/mol. The van der Waals surface area contributed by atoms with Crippen molar-refractivity contribution < 1.29 is 17.7 Å². The lowest BCUT2D eigenvalue weighted by Crippen LogP contribution is -2.48. The Kier molecular flexibility index (Phi) is 5.48. The number of sulfonamides is 1. The highest BCUT2D eigenvalue weighted by Gasteiger charge is 2.30. The molecule has 2 heterocycles. The number of aromatic nitrogens is 2. The van der Waals surface area contributed by atoms with Gasteiger partial charge in [-0.1, -0.05) is 23.4 Å². The van der Waals surface area contributed by atoms with Crippen LogP contribution in [0.3, 0.4) is 0 Å². The SMILES string of the molecule is COc1cccc(N2CCN(S(=O)(=O)c3cc(-c4noc(C)n4)ccc3C)CC2)c1. The minimum absolute atomic E-state index is 0.275. The monoisotopic (exact) mass is 428 g/mol. The molecule has 1 aliphatic rings. The fourth-order valence-corrected chi connectivity index (χ4v) is 5.24. The summed E-state index contributed by atoms with van der Waals surface area (Å²) in [5.41, 5.74) is 2.33. The van der Waals surface area contributed by atoms with Gasteiger partial charge < -0.3 is 14.2 Å². The maximum absolute atomic E-state index is 13.4. The van der Waals surface area contributed by atoms with Crippen LogP contribution in [0.5, 0.6) is 5.75 Å². The van der Waals surface area contributed by atoms with Crippen molar-refractivity contribution in [3.05, 3.63) is 53.9 Å². The third kappa shape index (κ3) is 3.90. The number of ether oxygens (including phenoxy) is 1. The Bertz CT molecular complexity index is 1150. The fraction of sp³-hybridized carbons (Fsp3) is 0.333. The van der Waals surface area contributed by atoms with E-state index in [1.807, 2.05) is 24.3 Å². The van der Waals surface area contributed by atoms with Crippen molar-refractivity contribution in [3.8, 4) is 17.1 Å². The number of aryl methyl sites for hydroxylation is 2. The largest absolute Gasteiger partial charge is 0.497 e. The fourth-order valence-electron chi connectivity index (χ4n) is 3.57. The van der Waals surface area contributed by atoms with E-state index in [1.165, 1.54) is 4.31 Å². The van der Waals surface area contributed by atoms with E-state index in [9.17, 15) is 8.42 Å². The van der Waals surface area contributed by atoms with E-state index >= 15 is 0 Å². The number of nitrogens with zero attached hydrogens (tertiary/aromatic N) is 4. The van der Waals surface area contributed by atoms with Crippen molar-refractivity contribution in [3.63, 3.8) is 0 Å². The minimum atomic E-state index is -3.64. The standard InChI is InChI=1S/C21H24N4O4S/c1-15-7-8-17(21-22-16(2)29-23-21)13-20(15)30(26,27)25-11-9-24(10-12-25)18-5-4-6-19(14-18)28-3/h4-8,13-14H,9-12H2,1-3H3. The lowest BCUT2D eigenvalue weighted by molar-refractivity contribution is 0.383. The molecule has 30 heavy (non-hydrogen) atoms. The van der Waals surface area contributed by atoms with Crippen molar-refractivity contribution >= 4 is 15.7 Å². The summed E-state index contributed by atoms with van der Waals surface area (Å²) < 4.78 is 38.6. The first-order chi connectivity index (χ1) is 14.4. The maximum Gasteiger partial charge on any atom is 0.243 e. The first-order valence-electron chi connectivity index (χ1n) is 9.69. The number of hydrogen-bond donors (Lipinski definition) is 0. The van der Waals surface area contributed by atoms with Crippen LogP contribution < -0.4 is 9.64 Å². The van der Waals surface area contributed by atoms with E-state index in [4.69, 9.17) is 9.26 Å². The number of rotatable bonds is 5. The molecule has 0 aliphatic carbocycles. The van der Waals surface area contributed by atoms with Crippen molar-refractivity contribution in [2.24, 2.45) is 0 Å². The van der Waals surface area contributed by atoms with Gasteiger partial charge in [-0.05, 0) is 30.7 Å². The lowest BCUT2D eigenvalue weighted by atomic mass is 10.1. The number of anilines is 1. The summed E-state index contributed by atoms with van der Waals surface area (Å²) in [4.78, 5) is 6.64. The molecule has 4 rings (SSSR count). The van der Waals surface area contributed by atoms with Gasteiger partial charge in [-0.2, -0.15) is 9.29 Å². The molecule has 0 radical (unpaired) electrons. The van der Waals surface area contributed by atoms with Gasteiger partial charge in [0.15, 0.2) is 0 Å². The zero-order chi connectivity index (χ0) is 21.3. The van der Waals surface area contributed by atoms with Gasteiger partial charge in [0.25, 0.3) is 0 Å². The molecule has 8 nitrogen and oxygen atoms in total. The smallest absolute Gasteiger partial charge is 0.243 e. The Morgan fingerprint density at radius 3 is 2.47 bits per heavy atom. The Hall–Kier alpha value is -2.91. The summed E-state index contributed by atoms with van der Waals surface area (Å²) in [6.07, 6.45) is 0. The number of piperazine rings is 1. The molecule has 1 fully saturated rings. The summed E-state index contributed by atoms with van der Waals surface area (Å²) in [6.45, 7) is 5.52. The highest BCUT2D eigenvalue weighted by Crippen LogP contribution is 2.28. The molecular weight excluding hydrogens is 404 g/mol. The Morgan fingerprint density at radius 1 is 1.03 bits per heavy atom. The van der Waals surface area contributed by atoms with Gasteiger partial charge >= 0.3 is 0 Å². The molecule has 1 aromatic heterocycles. The summed E-state index contributed by atoms with van der Waals surface area (Å²) in [5, 5.41) is 3.90. The first kappa shape index (κ1) is 20.4. The molecule has 0 atom stereocenters. The summed E-state index contributed by atoms with van der Waals surface area (Å²) in [5.74, 6) is 1.60. The molecule has 1 saturated heterocycles. The number of hydrogen-bond acceptors (Lipinski definition) is 7. The second kappa shape index (κ2) is 8.08. The van der Waals surface area contributed by atoms with Crippen LogP contribution in [-0.2, 0) is 10.0 Å². The normalized spacial score (nSPS) is 15.4. The van der Waals surface area contributed by atoms with Gasteiger partial charge in [-0.15, -0.1) is 0 Å². The highest BCUT2D eigenvalue weighted by molar-refractivity contribution is 7.89. The molecule has 0 amide bonds. The third-order valence-electron chi connectivity index (χ3n) is 5.25. The molecule has 3 aromatic rings. The summed E-state index contributed by atoms with van der Waals surface area (Å²) in [6, 6.07) is 13.0. The van der Waals surface area contributed by atoms with Crippen LogP contribution in [0.15, 0.2) is 51.9 Å². The van der Waals surface area contributed by atoms with E-state index in [1.54, 1.807) is 39.2 Å². The van der Waals surface area contributed by atoms with Crippen LogP contribution in [0.25, 0.3) is 11.4 Å². The molecule has 0 bridgehead atoms. The maximum atomic E-state index is 13.4. The van der Waals surface area contributed by atoms with Gasteiger partial charge in [0.1, 0.15) is 5.75 Å². The van der Waals surface area contributed by atoms with Gasteiger partial charge in [0.2, 0.25) is 21.7 Å². The molecule has 0 N–H and O–H groups in total. The van der Waals surface area contributed by atoms with E-state index in [-0.39, 0.29) is 4.90 Å². The average molecular weight is 429 g/mol. The van der Waals surface area contributed by atoms with Crippen molar-refractivity contribution in [1.29, 1.82) is 0 Å². The molecule has 9 heteroatoms. The van der Waals surface area contributed by atoms with Gasteiger partial charge in [0.05, 0.1) is 12.0 Å². The molecule has 0 saturated carbocycles. The van der Waals surface area contributed by atoms with Crippen LogP contribution in [0.1, 0.15) is 11.5 Å². The van der Waals surface area contributed by atoms with Gasteiger partial charge in [-0.25, -0.2) is 8.42 Å². The van der Waals surface area contributed by atoms with Crippen LogP contribution in [0, 0.1) is 13.8 Å². The van der Waals surface area contributed by atoms with E-state index in [0.29, 0.717) is 49.0 Å². The highest BCUT2D eigenvalue weighted by atomic mass is 32.2. The summed E-state index contributed by atoms with van der Waals surface area (Å²) >= 11 is 0. The van der Waals surface area contributed by atoms with E-state index in [2.05, 4.69) is 15.0 Å². The molecule has 2 aromatic carbocycles. The number of methoxy groups -OCH3 is 1. The second-order valence-electron chi connectivity index (χ2n) is 7.21. The van der Waals surface area contributed by atoms with Crippen molar-refractivity contribution in [2.45, 2.75) is 18.7 Å². The zero-order valence-corrected chi connectivity index (χ0v) is 18.0. The molecule has 1 aliphatic heterocycles. The van der Waals surface area contributed by atoms with Crippen LogP contribution >= 0.6 is 0 Å². The topological polar surface area (TPSA) is 88.8 Å². The number of benzene rings is 2. The van der Waals surface area contributed by atoms with Crippen LogP contribution in [0.2, 0.25) is 0 Å². The van der Waals surface area contributed by atoms with E-state index in [0.717, 1.165) is 11.4 Å². The van der Waals surface area contributed by atoms with Crippen molar-refractivity contribution in [1.82, 2.24) is 14.4 Å². The quantitative estimate of drug-likeness (QED) is 0.617. The Labute approximate surface area is 176 Å². The molecule has 158 valence electrons. The molecule has 0 spiro atoms. The first-order valence-corrected chi connectivity index (χ1v) is 11.1. The molecular formula is C21H24N4O4S. The van der Waals surface area contributed by atoms with E-state index < -0.39 is 10.0 Å². The lowest BCUT2D eigenvalue weighted by Gasteiger charge is -2.35. The minimum Gasteiger partial charge on any atom is -0.497 e. The Balaban J connectivity index is 1.55. The zero-order valence-electron chi connectivity index (χ0n) is 17.2. The second-order valence-corrected chi connectivity index (χ2v) is 9.12. The average Bonchev–Trinajstić information content (AvgIpc) is 3.20. The molecule has 0 unspecified atom stereocenters. The van der Waals surface area contributed by atoms with Crippen LogP contribution in [0.4, 0.5) is 5.69 Å². The van der Waals surface area contributed by atoms with Gasteiger partial charge in [-0.3, -0.25) is 0 Å². The summed E-state index contributed by atoms with van der Waals surface area (Å²) in [7, 11) is -2.00. The predicted octanol–water partition coefficient (Wildman–Crippen LogP) is 2.87. The Morgan fingerprint density at radius 2 is 1.80 bits per heavy atom.